The van der Waals surface area contributed by atoms with E-state index in [4.69, 9.17) is 4.74 Å². The Morgan fingerprint density at radius 3 is 3.03 bits per heavy atom. The normalized spacial score (nSPS) is 17.0. The maximum Gasteiger partial charge on any atom is 0.255 e. The second-order valence-electron chi connectivity index (χ2n) is 7.14. The topological polar surface area (TPSA) is 88.9 Å². The molecule has 0 unspecified atom stereocenters. The molecule has 1 atom stereocenters. The Labute approximate surface area is 167 Å². The Kier molecular flexibility index (Phi) is 4.33. The highest BCUT2D eigenvalue weighted by molar-refractivity contribution is 5.97. The number of nitrogens with one attached hydrogen (secondary N) is 1. The third-order valence-corrected chi connectivity index (χ3v) is 5.12. The summed E-state index contributed by atoms with van der Waals surface area (Å²) in [7, 11) is 0. The Hall–Kier alpha value is -3.52. The number of aromatic amines is 1. The summed E-state index contributed by atoms with van der Waals surface area (Å²) in [5.74, 6) is 0.707. The minimum absolute atomic E-state index is 0.00498. The molecule has 8 nitrogen and oxygen atoms in total. The van der Waals surface area contributed by atoms with Gasteiger partial charge in [-0.2, -0.15) is 0 Å². The van der Waals surface area contributed by atoms with Gasteiger partial charge in [-0.15, -0.1) is 10.2 Å². The van der Waals surface area contributed by atoms with Crippen LogP contribution in [0.1, 0.15) is 17.3 Å². The summed E-state index contributed by atoms with van der Waals surface area (Å²) in [6.45, 7) is 3.76. The van der Waals surface area contributed by atoms with Gasteiger partial charge in [0.05, 0.1) is 18.3 Å². The number of aromatic nitrogens is 5. The van der Waals surface area contributed by atoms with Crippen molar-refractivity contribution in [1.82, 2.24) is 29.6 Å². The van der Waals surface area contributed by atoms with Crippen molar-refractivity contribution in [2.24, 2.45) is 0 Å². The monoisotopic (exact) mass is 388 g/mol. The van der Waals surface area contributed by atoms with Crippen LogP contribution in [0.5, 0.6) is 0 Å². The summed E-state index contributed by atoms with van der Waals surface area (Å²) in [5.41, 5.74) is 3.30. The van der Waals surface area contributed by atoms with Gasteiger partial charge in [-0.05, 0) is 31.2 Å². The Morgan fingerprint density at radius 1 is 1.28 bits per heavy atom. The molecule has 29 heavy (non-hydrogen) atoms. The zero-order chi connectivity index (χ0) is 19.8. The number of carbonyl (C=O) groups excluding carboxylic acids is 1. The summed E-state index contributed by atoms with van der Waals surface area (Å²) in [4.78, 5) is 22.3. The fourth-order valence-electron chi connectivity index (χ4n) is 3.68. The number of hydrogen-bond donors (Lipinski definition) is 1. The lowest BCUT2D eigenvalue weighted by Crippen LogP contribution is -2.44. The van der Waals surface area contributed by atoms with Crippen molar-refractivity contribution in [2.75, 3.05) is 19.7 Å². The molecule has 4 aromatic rings. The zero-order valence-corrected chi connectivity index (χ0v) is 15.9. The molecule has 0 bridgehead atoms. The maximum atomic E-state index is 12.8. The van der Waals surface area contributed by atoms with Gasteiger partial charge in [0.25, 0.3) is 5.91 Å². The van der Waals surface area contributed by atoms with E-state index in [-0.39, 0.29) is 12.0 Å². The average molecular weight is 388 g/mol. The SMILES string of the molecule is C[C@@H]1CN(C(=O)c2cnc3c(ccn3-c3cccc(-c4nnc[nH]4)c3)c2)CCO1. The van der Waals surface area contributed by atoms with E-state index in [1.807, 2.05) is 59.0 Å². The van der Waals surface area contributed by atoms with Crippen LogP contribution in [0.3, 0.4) is 0 Å². The van der Waals surface area contributed by atoms with Gasteiger partial charge in [0, 0.05) is 42.1 Å². The Balaban J connectivity index is 1.47. The summed E-state index contributed by atoms with van der Waals surface area (Å²) in [5, 5.41) is 8.83. The van der Waals surface area contributed by atoms with Crippen molar-refractivity contribution in [1.29, 1.82) is 0 Å². The molecule has 1 fully saturated rings. The lowest BCUT2D eigenvalue weighted by molar-refractivity contribution is -0.0124. The van der Waals surface area contributed by atoms with Crippen molar-refractivity contribution >= 4 is 16.9 Å². The van der Waals surface area contributed by atoms with Gasteiger partial charge in [-0.3, -0.25) is 4.79 Å². The largest absolute Gasteiger partial charge is 0.375 e. The number of nitrogens with zero attached hydrogens (tertiary/aromatic N) is 5. The highest BCUT2D eigenvalue weighted by Crippen LogP contribution is 2.23. The number of benzene rings is 1. The van der Waals surface area contributed by atoms with Crippen LogP contribution >= 0.6 is 0 Å². The predicted molar refractivity (Wildman–Crippen MR) is 108 cm³/mol. The van der Waals surface area contributed by atoms with Crippen molar-refractivity contribution in [3.05, 3.63) is 60.7 Å². The molecule has 5 rings (SSSR count). The van der Waals surface area contributed by atoms with E-state index < -0.39 is 0 Å². The number of H-pyrrole nitrogens is 1. The standard InChI is InChI=1S/C21H20N6O2/c1-14-12-26(7-8-29-14)21(28)17-9-16-5-6-27(20(16)22-11-17)18-4-2-3-15(10-18)19-23-13-24-25-19/h2-6,9-11,13-14H,7-8,12H2,1H3,(H,23,24,25)/t14-/m1/s1. The molecule has 4 heterocycles. The van der Waals surface area contributed by atoms with Crippen LogP contribution in [-0.4, -0.2) is 61.3 Å². The van der Waals surface area contributed by atoms with Crippen LogP contribution in [0.4, 0.5) is 0 Å². The third-order valence-electron chi connectivity index (χ3n) is 5.12. The number of hydrogen-bond acceptors (Lipinski definition) is 5. The number of pyridine rings is 1. The van der Waals surface area contributed by atoms with E-state index >= 15 is 0 Å². The fourth-order valence-corrected chi connectivity index (χ4v) is 3.68. The molecule has 1 aliphatic rings. The van der Waals surface area contributed by atoms with Gasteiger partial charge >= 0.3 is 0 Å². The highest BCUT2D eigenvalue weighted by atomic mass is 16.5. The Morgan fingerprint density at radius 2 is 2.21 bits per heavy atom. The molecular formula is C21H20N6O2. The zero-order valence-electron chi connectivity index (χ0n) is 15.9. The lowest BCUT2D eigenvalue weighted by atomic mass is 10.2. The maximum absolute atomic E-state index is 12.8. The number of morpholine rings is 1. The molecular weight excluding hydrogens is 368 g/mol. The number of amides is 1. The first kappa shape index (κ1) is 17.6. The second-order valence-corrected chi connectivity index (χ2v) is 7.14. The molecule has 8 heteroatoms. The minimum atomic E-state index is -0.00498. The third kappa shape index (κ3) is 3.27. The molecule has 0 radical (unpaired) electrons. The van der Waals surface area contributed by atoms with Crippen molar-refractivity contribution in [2.45, 2.75) is 13.0 Å². The molecule has 1 aromatic carbocycles. The van der Waals surface area contributed by atoms with Crippen molar-refractivity contribution < 1.29 is 9.53 Å². The first-order valence-corrected chi connectivity index (χ1v) is 9.54. The second kappa shape index (κ2) is 7.14. The van der Waals surface area contributed by atoms with Gasteiger partial charge in [-0.25, -0.2) is 4.98 Å². The van der Waals surface area contributed by atoms with Gasteiger partial charge in [0.2, 0.25) is 0 Å². The number of rotatable bonds is 3. The van der Waals surface area contributed by atoms with Crippen LogP contribution in [-0.2, 0) is 4.74 Å². The molecule has 0 aliphatic carbocycles. The smallest absolute Gasteiger partial charge is 0.255 e. The van der Waals surface area contributed by atoms with Crippen LogP contribution in [0.25, 0.3) is 28.1 Å². The molecule has 3 aromatic heterocycles. The van der Waals surface area contributed by atoms with E-state index in [9.17, 15) is 4.79 Å². The summed E-state index contributed by atoms with van der Waals surface area (Å²) < 4.78 is 7.53. The van der Waals surface area contributed by atoms with Crippen LogP contribution < -0.4 is 0 Å². The van der Waals surface area contributed by atoms with Crippen molar-refractivity contribution in [3.63, 3.8) is 0 Å². The van der Waals surface area contributed by atoms with E-state index in [0.717, 1.165) is 22.3 Å². The molecule has 1 saturated heterocycles. The van der Waals surface area contributed by atoms with Crippen LogP contribution in [0.2, 0.25) is 0 Å². The fraction of sp³-hybridized carbons (Fsp3) is 0.238. The molecule has 1 amide bonds. The van der Waals surface area contributed by atoms with Crippen molar-refractivity contribution in [3.8, 4) is 17.1 Å². The van der Waals surface area contributed by atoms with Crippen LogP contribution in [0, 0.1) is 0 Å². The first-order chi connectivity index (χ1) is 14.2. The predicted octanol–water partition coefficient (Wildman–Crippen LogP) is 2.67. The first-order valence-electron chi connectivity index (χ1n) is 9.54. The average Bonchev–Trinajstić information content (AvgIpc) is 3.43. The number of fused-ring (bicyclic) bond motifs is 1. The van der Waals surface area contributed by atoms with E-state index in [2.05, 4.69) is 20.2 Å². The van der Waals surface area contributed by atoms with Crippen LogP contribution in [0.15, 0.2) is 55.1 Å². The summed E-state index contributed by atoms with van der Waals surface area (Å²) in [6, 6.07) is 11.9. The molecule has 0 saturated carbocycles. The van der Waals surface area contributed by atoms with E-state index in [0.29, 0.717) is 31.1 Å². The molecule has 146 valence electrons. The van der Waals surface area contributed by atoms with Gasteiger partial charge in [0.1, 0.15) is 12.0 Å². The van der Waals surface area contributed by atoms with Gasteiger partial charge < -0.3 is 19.2 Å². The summed E-state index contributed by atoms with van der Waals surface area (Å²) >= 11 is 0. The number of carbonyl (C=O) groups is 1. The molecule has 1 aliphatic heterocycles. The minimum Gasteiger partial charge on any atom is -0.375 e. The van der Waals surface area contributed by atoms with Gasteiger partial charge in [0.15, 0.2) is 5.82 Å². The van der Waals surface area contributed by atoms with Gasteiger partial charge in [-0.1, -0.05) is 12.1 Å². The van der Waals surface area contributed by atoms with E-state index in [1.54, 1.807) is 12.5 Å². The number of ether oxygens (including phenoxy) is 1. The molecule has 0 spiro atoms. The summed E-state index contributed by atoms with van der Waals surface area (Å²) in [6.07, 6.45) is 5.23. The lowest BCUT2D eigenvalue weighted by Gasteiger charge is -2.31. The molecule has 1 N–H and O–H groups in total. The Bertz CT molecular complexity index is 1170. The highest BCUT2D eigenvalue weighted by Gasteiger charge is 2.23. The van der Waals surface area contributed by atoms with E-state index in [1.165, 1.54) is 0 Å². The quantitative estimate of drug-likeness (QED) is 0.583.